The number of carboxylic acid groups (broad SMARTS) is 2. The Hall–Kier alpha value is -14.2. The number of phenolic OH excluding ortho intramolecular Hbond substituents is 7. The Morgan fingerprint density at radius 2 is 0.709 bits per heavy atom. The lowest BCUT2D eigenvalue weighted by atomic mass is 10.1. The van der Waals surface area contributed by atoms with Gasteiger partial charge in [-0.15, -0.1) is 24.0 Å². The van der Waals surface area contributed by atoms with Crippen LogP contribution >= 0.6 is 128 Å². The van der Waals surface area contributed by atoms with Gasteiger partial charge < -0.3 is 80.9 Å². The molecule has 13 aromatic rings. The topological polar surface area (TPSA) is 704 Å². The minimum atomic E-state index is -1.27. The van der Waals surface area contributed by atoms with Gasteiger partial charge in [0.15, 0.2) is 34.6 Å². The van der Waals surface area contributed by atoms with Crippen LogP contribution in [0.5, 0.6) is 40.2 Å². The quantitative estimate of drug-likeness (QED) is 0.00388. The number of benzene rings is 6. The Bertz CT molecular complexity index is 6650. The monoisotopic (exact) mass is 2140 g/mol. The molecule has 0 spiro atoms. The van der Waals surface area contributed by atoms with Crippen molar-refractivity contribution in [2.75, 3.05) is 0 Å². The van der Waals surface area contributed by atoms with Crippen molar-refractivity contribution in [3.8, 4) is 109 Å². The Kier molecular flexibility index (Phi) is 36.7. The number of halogens is 10. The molecule has 0 aliphatic rings. The Labute approximate surface area is 812 Å². The smallest absolute Gasteiger partial charge is 0.335 e. The summed E-state index contributed by atoms with van der Waals surface area (Å²) >= 11 is 53.8. The number of nitrogens with zero attached hydrogens (tertiary/aromatic N) is 16. The number of oxime groups is 1. The summed E-state index contributed by atoms with van der Waals surface area (Å²) in [5, 5.41) is 185. The van der Waals surface area contributed by atoms with E-state index in [4.69, 9.17) is 144 Å². The normalized spacial score (nSPS) is 10.6. The van der Waals surface area contributed by atoms with E-state index in [1.165, 1.54) is 84.0 Å². The van der Waals surface area contributed by atoms with Gasteiger partial charge in [-0.2, -0.15) is 24.4 Å². The standard InChI is InChI=1S/C16H12Cl2N4O5.C16H12Cl2N4O4.C15H10Cl2N4O6.C8H9Cl2N3O.C8H6ClNO4.C8H7NO5.C8H8O3.HI/c1-6-4-9(5-10(13(6)23)22(25)26)16-19-15(20-27-16)11-7(2)12(17)8(3)21(24)14(11)18;1-6-4-9(5-10(13(6)23)22(24)25)16-20-15(21-26-16)11-7(2)12(17)8(3)19-14(11)18;1-5-10(13(17)20(24)6(2)11(5)16)14-18-15(27-19-14)7-3-8(21(25)26)12(23)9(22)4-7;1-3-5(8(11)13-14)7(10)12-4(2)6(3)9;1-4-2-5(8(9)12)3-6(7(4)11)10(13)14;1-4-2-5(8(11)12)3-6(7(4)10)9(13)14;1-5-4-6(8(10)11)2-3-7(5)9;/h4-5,23H,1-3H3;4-5,23H,1-3H3;3-4,22-23H,1-2H3;14H,1-2H3,(H2,11,13);2-3,11H,1H3;2-3,10H,1H3,(H,11,12);2-4,9H,1H3,(H,10,11);1H. The van der Waals surface area contributed by atoms with Crippen LogP contribution < -0.4 is 15.2 Å². The number of pyridine rings is 4. The fraction of sp³-hybridized carbons (Fsp3) is 0.165. The molecule has 7 aromatic heterocycles. The number of aromatic nitrogens is 10. The molecule has 0 fully saturated rings. The number of carbonyl (C=O) groups excluding carboxylic acids is 1. The number of aromatic hydroxyl groups is 7. The molecule has 704 valence electrons. The second-order valence-electron chi connectivity index (χ2n) is 27.5. The van der Waals surface area contributed by atoms with Crippen molar-refractivity contribution < 1.29 is 113 Å². The molecule has 0 unspecified atom stereocenters. The van der Waals surface area contributed by atoms with Crippen LogP contribution in [-0.2, 0) is 0 Å². The highest BCUT2D eigenvalue weighted by Crippen LogP contribution is 2.44. The van der Waals surface area contributed by atoms with Crippen LogP contribution in [0.1, 0.15) is 109 Å². The molecular weight excluding hydrogens is 2080 g/mol. The largest absolute Gasteiger partial charge is 0.617 e. The molecule has 0 saturated heterocycles. The zero-order valence-corrected chi connectivity index (χ0v) is 79.5. The highest BCUT2D eigenvalue weighted by molar-refractivity contribution is 14.0. The van der Waals surface area contributed by atoms with Gasteiger partial charge in [-0.25, -0.2) is 19.6 Å². The van der Waals surface area contributed by atoms with E-state index in [2.05, 4.69) is 45.5 Å². The van der Waals surface area contributed by atoms with Crippen LogP contribution in [0.4, 0.5) is 28.4 Å². The maximum Gasteiger partial charge on any atom is 0.335 e. The molecule has 134 heavy (non-hydrogen) atoms. The molecule has 45 nitrogen and oxygen atoms in total. The zero-order chi connectivity index (χ0) is 100. The van der Waals surface area contributed by atoms with Gasteiger partial charge in [0.1, 0.15) is 37.2 Å². The van der Waals surface area contributed by atoms with E-state index in [9.17, 15) is 106 Å². The van der Waals surface area contributed by atoms with Crippen LogP contribution in [0.25, 0.3) is 68.5 Å². The van der Waals surface area contributed by atoms with Gasteiger partial charge in [-0.1, -0.05) is 90.2 Å². The van der Waals surface area contributed by atoms with E-state index in [1.54, 1.807) is 48.5 Å². The third-order valence-corrected chi connectivity index (χ3v) is 22.2. The number of aryl methyl sites for hydroxylation is 7. The molecule has 0 aliphatic carbocycles. The van der Waals surface area contributed by atoms with E-state index in [0.717, 1.165) is 36.4 Å². The summed E-state index contributed by atoms with van der Waals surface area (Å²) in [6, 6.07) is 15.6. The second kappa shape index (κ2) is 45.3. The number of nitrogens with two attached hydrogens (primary N) is 1. The minimum Gasteiger partial charge on any atom is -0.617 e. The summed E-state index contributed by atoms with van der Waals surface area (Å²) in [7, 11) is 0. The lowest BCUT2D eigenvalue weighted by molar-refractivity contribution is -0.609. The first-order chi connectivity index (χ1) is 61.9. The van der Waals surface area contributed by atoms with Gasteiger partial charge in [0.05, 0.1) is 73.9 Å². The number of carboxylic acids is 2. The number of aromatic carboxylic acids is 2. The van der Waals surface area contributed by atoms with Gasteiger partial charge >= 0.3 is 40.4 Å². The van der Waals surface area contributed by atoms with E-state index in [-0.39, 0.29) is 168 Å². The van der Waals surface area contributed by atoms with E-state index >= 15 is 0 Å². The fourth-order valence-corrected chi connectivity index (χ4v) is 13.7. The van der Waals surface area contributed by atoms with Gasteiger partial charge in [0, 0.05) is 60.9 Å². The number of hydrogen-bond donors (Lipinski definition) is 11. The lowest BCUT2D eigenvalue weighted by Gasteiger charge is -2.10. The molecule has 0 amide bonds. The summed E-state index contributed by atoms with van der Waals surface area (Å²) in [5.41, 5.74) is 9.64. The number of nitro groups is 5. The summed E-state index contributed by atoms with van der Waals surface area (Å²) in [4.78, 5) is 102. The van der Waals surface area contributed by atoms with Crippen LogP contribution in [0, 0.1) is 151 Å². The van der Waals surface area contributed by atoms with Crippen molar-refractivity contribution in [3.63, 3.8) is 0 Å². The number of hydrogen-bond acceptors (Lipinski definition) is 35. The van der Waals surface area contributed by atoms with E-state index < -0.39 is 105 Å². The third-order valence-electron chi connectivity index (χ3n) is 18.6. The molecule has 7 heterocycles. The summed E-state index contributed by atoms with van der Waals surface area (Å²) < 4.78 is 16.3. The van der Waals surface area contributed by atoms with E-state index in [1.807, 2.05) is 0 Å². The second-order valence-corrected chi connectivity index (χ2v) is 30.8. The molecule has 0 radical (unpaired) electrons. The predicted molar refractivity (Wildman–Crippen MR) is 493 cm³/mol. The van der Waals surface area contributed by atoms with Gasteiger partial charge in [-0.05, 0) is 210 Å². The predicted octanol–water partition coefficient (Wildman–Crippen LogP) is 19.2. The molecule has 0 atom stereocenters. The zero-order valence-electron chi connectivity index (χ0n) is 70.4. The molecule has 55 heteroatoms. The number of nitro benzene ring substituents is 5. The Morgan fingerprint density at radius 1 is 0.396 bits per heavy atom. The molecule has 6 aromatic carbocycles. The fourth-order valence-electron chi connectivity index (χ4n) is 11.5. The number of rotatable bonds is 15. The van der Waals surface area contributed by atoms with Crippen molar-refractivity contribution in [2.24, 2.45) is 10.9 Å². The summed E-state index contributed by atoms with van der Waals surface area (Å²) in [6.07, 6.45) is 0. The SMILES string of the molecule is Cc1c(Cl)c(C)[n+]([O-])c(Cl)c1-c1noc(-c2cc(O)c(O)c([N+](=O)[O-])c2)n1.Cc1cc(-c2nc(-c3c(C)c(Cl)c(C)[n+]([O-])c3Cl)no2)cc([N+](=O)[O-])c1O.Cc1cc(-c2nc(-c3c(Cl)nc(C)c(Cl)c3C)no2)cc([N+](=O)[O-])c1O.Cc1cc(C(=O)Cl)cc([N+](=O)[O-])c1O.Cc1cc(C(=O)O)cc([N+](=O)[O-])c1O.Cc1cc(C(=O)O)ccc1O.Cc1nc(Cl)c(/C(N)=N/O)c(C)c1Cl.I. The number of phenols is 7. The van der Waals surface area contributed by atoms with Gasteiger partial charge in [0.25, 0.3) is 33.2 Å². The van der Waals surface area contributed by atoms with Crippen LogP contribution in [0.2, 0.25) is 40.7 Å². The van der Waals surface area contributed by atoms with Gasteiger partial charge in [-0.3, -0.25) is 55.4 Å². The maximum absolute atomic E-state index is 12.1. The minimum absolute atomic E-state index is 0. The van der Waals surface area contributed by atoms with E-state index in [0.29, 0.717) is 81.0 Å². The molecule has 0 aliphatic heterocycles. The van der Waals surface area contributed by atoms with Crippen LogP contribution in [0.15, 0.2) is 97.6 Å². The van der Waals surface area contributed by atoms with Gasteiger partial charge in [0.2, 0.25) is 34.6 Å². The third kappa shape index (κ3) is 24.5. The number of carbonyl (C=O) groups is 3. The molecular formula is C79H65Cl9IN17O28. The molecule has 0 saturated carbocycles. The average Bonchev–Trinajstić information content (AvgIpc) is 1.77. The molecule has 12 N–H and O–H groups in total. The van der Waals surface area contributed by atoms with Crippen molar-refractivity contribution in [3.05, 3.63) is 276 Å². The van der Waals surface area contributed by atoms with Crippen LogP contribution in [0.3, 0.4) is 0 Å². The van der Waals surface area contributed by atoms with Crippen LogP contribution in [-0.4, -0.2) is 139 Å². The maximum atomic E-state index is 12.1. The Balaban J connectivity index is 0.000000246. The molecule has 0 bridgehead atoms. The first-order valence-corrected chi connectivity index (χ1v) is 39.7. The summed E-state index contributed by atoms with van der Waals surface area (Å²) in [5.74, 6) is -5.76. The van der Waals surface area contributed by atoms with Crippen molar-refractivity contribution in [2.45, 2.75) is 90.0 Å². The average molecular weight is 2150 g/mol. The first kappa shape index (κ1) is 109. The first-order valence-electron chi connectivity index (χ1n) is 36.3. The highest BCUT2D eigenvalue weighted by Gasteiger charge is 2.33. The summed E-state index contributed by atoms with van der Waals surface area (Å²) in [6.45, 7) is 20.8. The Morgan fingerprint density at radius 3 is 1.07 bits per heavy atom. The molecule has 13 rings (SSSR count). The van der Waals surface area contributed by atoms with Crippen molar-refractivity contribution in [1.29, 1.82) is 0 Å². The lowest BCUT2D eigenvalue weighted by Crippen LogP contribution is -2.33. The number of amidine groups is 1. The highest BCUT2D eigenvalue weighted by atomic mass is 127. The van der Waals surface area contributed by atoms with Crippen molar-refractivity contribution >= 4 is 180 Å². The van der Waals surface area contributed by atoms with Crippen molar-refractivity contribution in [1.82, 2.24) is 40.4 Å².